The van der Waals surface area contributed by atoms with E-state index in [2.05, 4.69) is 10.3 Å². The van der Waals surface area contributed by atoms with Crippen molar-refractivity contribution in [3.8, 4) is 22.8 Å². The Morgan fingerprint density at radius 2 is 1.57 bits per heavy atom. The van der Waals surface area contributed by atoms with Gasteiger partial charge >= 0.3 is 0 Å². The molecular weight excluding hydrogens is 419 g/mol. The Kier molecular flexibility index (Phi) is 5.88. The van der Waals surface area contributed by atoms with Gasteiger partial charge in [0.05, 0.1) is 17.8 Å². The number of benzene rings is 3. The summed E-state index contributed by atoms with van der Waals surface area (Å²) in [5, 5.41) is 4.32. The molecule has 3 aromatic carbocycles. The third kappa shape index (κ3) is 4.40. The number of carbonyl (C=O) groups excluding carboxylic acids is 1. The first-order chi connectivity index (χ1) is 14.5. The van der Waals surface area contributed by atoms with E-state index in [4.69, 9.17) is 27.6 Å². The van der Waals surface area contributed by atoms with Crippen LogP contribution in [-0.4, -0.2) is 10.9 Å². The number of rotatable bonds is 5. The Morgan fingerprint density at radius 3 is 2.27 bits per heavy atom. The van der Waals surface area contributed by atoms with E-state index in [1.165, 1.54) is 0 Å². The zero-order chi connectivity index (χ0) is 21.1. The summed E-state index contributed by atoms with van der Waals surface area (Å²) >= 11 is 11.9. The number of amides is 1. The maximum Gasteiger partial charge on any atom is 0.252 e. The van der Waals surface area contributed by atoms with Gasteiger partial charge in [-0.25, -0.2) is 4.98 Å². The van der Waals surface area contributed by atoms with Gasteiger partial charge in [0.15, 0.2) is 5.76 Å². The lowest BCUT2D eigenvalue weighted by Gasteiger charge is -2.15. The minimum atomic E-state index is -0.209. The van der Waals surface area contributed by atoms with E-state index in [1.807, 2.05) is 49.4 Å². The molecule has 1 atom stereocenters. The zero-order valence-electron chi connectivity index (χ0n) is 16.1. The molecule has 1 heterocycles. The SMILES string of the molecule is C[C@H](NC(=O)c1ccccc1-c1ncc(-c2ccc(Cl)cc2)o1)c1ccc(Cl)cc1. The average Bonchev–Trinajstić information content (AvgIpc) is 3.25. The first-order valence-corrected chi connectivity index (χ1v) is 10.1. The van der Waals surface area contributed by atoms with Crippen molar-refractivity contribution in [2.75, 3.05) is 0 Å². The van der Waals surface area contributed by atoms with Gasteiger partial charge in [-0.2, -0.15) is 0 Å². The molecule has 150 valence electrons. The summed E-state index contributed by atoms with van der Waals surface area (Å²) < 4.78 is 5.94. The molecule has 0 saturated heterocycles. The molecule has 0 fully saturated rings. The monoisotopic (exact) mass is 436 g/mol. The van der Waals surface area contributed by atoms with Crippen molar-refractivity contribution in [2.45, 2.75) is 13.0 Å². The Bertz CT molecular complexity index is 1170. The smallest absolute Gasteiger partial charge is 0.252 e. The fraction of sp³-hybridized carbons (Fsp3) is 0.0833. The molecule has 4 rings (SSSR count). The number of halogens is 2. The van der Waals surface area contributed by atoms with Crippen molar-refractivity contribution in [2.24, 2.45) is 0 Å². The highest BCUT2D eigenvalue weighted by molar-refractivity contribution is 6.30. The van der Waals surface area contributed by atoms with Gasteiger partial charge in [0.2, 0.25) is 5.89 Å². The number of nitrogens with zero attached hydrogens (tertiary/aromatic N) is 1. The van der Waals surface area contributed by atoms with Crippen LogP contribution in [0.2, 0.25) is 10.0 Å². The average molecular weight is 437 g/mol. The second kappa shape index (κ2) is 8.74. The molecule has 4 aromatic rings. The molecule has 1 aromatic heterocycles. The second-order valence-corrected chi connectivity index (χ2v) is 7.70. The summed E-state index contributed by atoms with van der Waals surface area (Å²) in [6, 6.07) is 21.8. The van der Waals surface area contributed by atoms with Crippen LogP contribution in [0, 0.1) is 0 Å². The molecule has 0 unspecified atom stereocenters. The van der Waals surface area contributed by atoms with Gasteiger partial charge in [-0.1, -0.05) is 47.5 Å². The Labute approximate surface area is 184 Å². The molecule has 0 saturated carbocycles. The van der Waals surface area contributed by atoms with E-state index in [0.717, 1.165) is 11.1 Å². The van der Waals surface area contributed by atoms with Gasteiger partial charge in [-0.15, -0.1) is 0 Å². The van der Waals surface area contributed by atoms with Gasteiger partial charge in [-0.3, -0.25) is 4.79 Å². The second-order valence-electron chi connectivity index (χ2n) is 6.83. The Morgan fingerprint density at radius 1 is 0.933 bits per heavy atom. The highest BCUT2D eigenvalue weighted by Crippen LogP contribution is 2.29. The molecule has 0 radical (unpaired) electrons. The summed E-state index contributed by atoms with van der Waals surface area (Å²) in [6.07, 6.45) is 1.64. The summed E-state index contributed by atoms with van der Waals surface area (Å²) in [4.78, 5) is 17.4. The van der Waals surface area contributed by atoms with Crippen LogP contribution < -0.4 is 5.32 Å². The number of hydrogen-bond donors (Lipinski definition) is 1. The van der Waals surface area contributed by atoms with Crippen molar-refractivity contribution in [3.63, 3.8) is 0 Å². The summed E-state index contributed by atoms with van der Waals surface area (Å²) in [5.41, 5.74) is 2.93. The predicted octanol–water partition coefficient (Wildman–Crippen LogP) is 6.81. The lowest BCUT2D eigenvalue weighted by atomic mass is 10.0. The van der Waals surface area contributed by atoms with Crippen molar-refractivity contribution >= 4 is 29.1 Å². The van der Waals surface area contributed by atoms with Crippen LogP contribution in [0.15, 0.2) is 83.4 Å². The summed E-state index contributed by atoms with van der Waals surface area (Å²) in [6.45, 7) is 1.92. The topological polar surface area (TPSA) is 55.1 Å². The standard InChI is InChI=1S/C24H18Cl2N2O2/c1-15(16-6-10-18(25)11-7-16)28-23(29)20-4-2-3-5-21(20)24-27-14-22(30-24)17-8-12-19(26)13-9-17/h2-15H,1H3,(H,28,29)/t15-/m0/s1. The lowest BCUT2D eigenvalue weighted by molar-refractivity contribution is 0.0940. The predicted molar refractivity (Wildman–Crippen MR) is 120 cm³/mol. The van der Waals surface area contributed by atoms with E-state index < -0.39 is 0 Å². The molecule has 0 aliphatic rings. The molecule has 1 N–H and O–H groups in total. The first kappa shape index (κ1) is 20.2. The number of oxazole rings is 1. The van der Waals surface area contributed by atoms with Crippen LogP contribution in [0.5, 0.6) is 0 Å². The van der Waals surface area contributed by atoms with Crippen LogP contribution in [0.4, 0.5) is 0 Å². The maximum absolute atomic E-state index is 13.0. The number of carbonyl (C=O) groups is 1. The Hall–Kier alpha value is -3.08. The number of nitrogens with one attached hydrogen (secondary N) is 1. The minimum absolute atomic E-state index is 0.183. The van der Waals surface area contributed by atoms with E-state index in [1.54, 1.807) is 36.5 Å². The zero-order valence-corrected chi connectivity index (χ0v) is 17.6. The first-order valence-electron chi connectivity index (χ1n) is 9.39. The highest BCUT2D eigenvalue weighted by atomic mass is 35.5. The fourth-order valence-electron chi connectivity index (χ4n) is 3.12. The Balaban J connectivity index is 1.59. The molecule has 30 heavy (non-hydrogen) atoms. The van der Waals surface area contributed by atoms with E-state index >= 15 is 0 Å². The van der Waals surface area contributed by atoms with Crippen LogP contribution >= 0.6 is 23.2 Å². The van der Waals surface area contributed by atoms with E-state index in [0.29, 0.717) is 32.8 Å². The lowest BCUT2D eigenvalue weighted by Crippen LogP contribution is -2.27. The van der Waals surface area contributed by atoms with Crippen molar-refractivity contribution in [1.29, 1.82) is 0 Å². The third-order valence-electron chi connectivity index (χ3n) is 4.75. The molecule has 0 aliphatic heterocycles. The molecular formula is C24H18Cl2N2O2. The number of hydrogen-bond acceptors (Lipinski definition) is 3. The normalized spacial score (nSPS) is 11.8. The van der Waals surface area contributed by atoms with Crippen molar-refractivity contribution in [3.05, 3.63) is 100 Å². The van der Waals surface area contributed by atoms with Crippen LogP contribution in [-0.2, 0) is 0 Å². The van der Waals surface area contributed by atoms with Crippen LogP contribution in [0.1, 0.15) is 28.9 Å². The third-order valence-corrected chi connectivity index (χ3v) is 5.26. The van der Waals surface area contributed by atoms with Crippen LogP contribution in [0.3, 0.4) is 0 Å². The van der Waals surface area contributed by atoms with Gasteiger partial charge in [0.25, 0.3) is 5.91 Å². The van der Waals surface area contributed by atoms with E-state index in [-0.39, 0.29) is 11.9 Å². The summed E-state index contributed by atoms with van der Waals surface area (Å²) in [7, 11) is 0. The molecule has 6 heteroatoms. The largest absolute Gasteiger partial charge is 0.436 e. The molecule has 0 bridgehead atoms. The minimum Gasteiger partial charge on any atom is -0.436 e. The number of aromatic nitrogens is 1. The quantitative estimate of drug-likeness (QED) is 0.373. The molecule has 1 amide bonds. The highest BCUT2D eigenvalue weighted by Gasteiger charge is 2.19. The van der Waals surface area contributed by atoms with Crippen molar-refractivity contribution < 1.29 is 9.21 Å². The van der Waals surface area contributed by atoms with Gasteiger partial charge in [-0.05, 0) is 61.0 Å². The molecule has 0 aliphatic carbocycles. The van der Waals surface area contributed by atoms with Gasteiger partial charge < -0.3 is 9.73 Å². The fourth-order valence-corrected chi connectivity index (χ4v) is 3.38. The van der Waals surface area contributed by atoms with Gasteiger partial charge in [0.1, 0.15) is 0 Å². The summed E-state index contributed by atoms with van der Waals surface area (Å²) in [5.74, 6) is 0.774. The van der Waals surface area contributed by atoms with Gasteiger partial charge in [0, 0.05) is 21.2 Å². The van der Waals surface area contributed by atoms with E-state index in [9.17, 15) is 4.79 Å². The maximum atomic E-state index is 13.0. The van der Waals surface area contributed by atoms with Crippen LogP contribution in [0.25, 0.3) is 22.8 Å². The van der Waals surface area contributed by atoms with Crippen molar-refractivity contribution in [1.82, 2.24) is 10.3 Å². The molecule has 0 spiro atoms. The molecule has 4 nitrogen and oxygen atoms in total.